The summed E-state index contributed by atoms with van der Waals surface area (Å²) in [5.74, 6) is 1.07. The number of hydrogen-bond donors (Lipinski definition) is 0. The van der Waals surface area contributed by atoms with Crippen LogP contribution in [0, 0.1) is 17.8 Å². The number of ether oxygens (including phenoxy) is 1. The van der Waals surface area contributed by atoms with E-state index >= 15 is 0 Å². The average Bonchev–Trinajstić information content (AvgIpc) is 3.18. The number of ketones is 1. The molecule has 6 heteroatoms. The van der Waals surface area contributed by atoms with Gasteiger partial charge in [0.25, 0.3) is 0 Å². The number of nitrogens with zero attached hydrogens (tertiary/aromatic N) is 3. The topological polar surface area (TPSA) is 57.0 Å². The minimum atomic E-state index is -1.18. The summed E-state index contributed by atoms with van der Waals surface area (Å²) in [4.78, 5) is 17.0. The second-order valence-corrected chi connectivity index (χ2v) is 7.04. The Hall–Kier alpha value is -2.08. The summed E-state index contributed by atoms with van der Waals surface area (Å²) in [5.41, 5.74) is 0.992. The summed E-state index contributed by atoms with van der Waals surface area (Å²) in [5, 5.41) is 4.39. The monoisotopic (exact) mass is 327 g/mol. The highest BCUT2D eigenvalue weighted by Crippen LogP contribution is 2.48. The van der Waals surface area contributed by atoms with Crippen molar-refractivity contribution in [3.63, 3.8) is 0 Å². The molecule has 5 atom stereocenters. The van der Waals surface area contributed by atoms with Crippen LogP contribution in [0.25, 0.3) is 0 Å². The van der Waals surface area contributed by atoms with Gasteiger partial charge in [-0.15, -0.1) is 5.10 Å². The maximum absolute atomic E-state index is 14.4. The molecule has 0 N–H and O–H groups in total. The molecule has 5 nitrogen and oxygen atoms in total. The molecular weight excluding hydrogens is 309 g/mol. The molecule has 0 spiro atoms. The van der Waals surface area contributed by atoms with Crippen LogP contribution in [0.4, 0.5) is 4.39 Å². The zero-order valence-electron chi connectivity index (χ0n) is 13.1. The van der Waals surface area contributed by atoms with Crippen LogP contribution in [0.1, 0.15) is 47.1 Å². The van der Waals surface area contributed by atoms with E-state index in [0.717, 1.165) is 18.6 Å². The number of carbonyl (C=O) groups excluding carboxylic acids is 1. The van der Waals surface area contributed by atoms with Gasteiger partial charge in [0.2, 0.25) is 11.6 Å². The zero-order valence-corrected chi connectivity index (χ0v) is 13.1. The lowest BCUT2D eigenvalue weighted by Crippen LogP contribution is -2.29. The lowest BCUT2D eigenvalue weighted by atomic mass is 9.96. The average molecular weight is 327 g/mol. The molecule has 2 fully saturated rings. The third-order valence-electron chi connectivity index (χ3n) is 5.53. The van der Waals surface area contributed by atoms with Crippen LogP contribution in [0.2, 0.25) is 0 Å². The molecule has 2 aliphatic heterocycles. The maximum atomic E-state index is 14.4. The molecule has 1 aliphatic carbocycles. The van der Waals surface area contributed by atoms with E-state index in [0.29, 0.717) is 24.9 Å². The van der Waals surface area contributed by atoms with Gasteiger partial charge in [0.15, 0.2) is 12.0 Å². The molecule has 2 aromatic rings. The second kappa shape index (κ2) is 5.21. The van der Waals surface area contributed by atoms with Crippen LogP contribution in [-0.2, 0) is 4.74 Å². The molecule has 1 saturated carbocycles. The summed E-state index contributed by atoms with van der Waals surface area (Å²) >= 11 is 0. The SMILES string of the molecule is O=C(c1nc2n(n1)[C@H](c1ccccc1)C[C@@H]2F)[C@H]1COC[C@@H]2C[C@@H]21. The van der Waals surface area contributed by atoms with Crippen LogP contribution in [0.15, 0.2) is 30.3 Å². The molecule has 1 aromatic heterocycles. The summed E-state index contributed by atoms with van der Waals surface area (Å²) in [7, 11) is 0. The third kappa shape index (κ3) is 2.13. The van der Waals surface area contributed by atoms with Gasteiger partial charge in [-0.05, 0) is 23.8 Å². The third-order valence-corrected chi connectivity index (χ3v) is 5.53. The number of fused-ring (bicyclic) bond motifs is 2. The van der Waals surface area contributed by atoms with Crippen LogP contribution in [0.5, 0.6) is 0 Å². The van der Waals surface area contributed by atoms with Gasteiger partial charge >= 0.3 is 0 Å². The first-order valence-electron chi connectivity index (χ1n) is 8.50. The molecule has 0 amide bonds. The highest BCUT2D eigenvalue weighted by atomic mass is 19.1. The minimum Gasteiger partial charge on any atom is -0.380 e. The fourth-order valence-corrected chi connectivity index (χ4v) is 4.10. The van der Waals surface area contributed by atoms with Crippen LogP contribution >= 0.6 is 0 Å². The molecule has 0 unspecified atom stereocenters. The molecule has 24 heavy (non-hydrogen) atoms. The van der Waals surface area contributed by atoms with Crippen molar-refractivity contribution in [3.8, 4) is 0 Å². The first-order chi connectivity index (χ1) is 11.7. The van der Waals surface area contributed by atoms with E-state index in [9.17, 15) is 9.18 Å². The first kappa shape index (κ1) is 14.3. The van der Waals surface area contributed by atoms with E-state index in [1.54, 1.807) is 4.68 Å². The second-order valence-electron chi connectivity index (χ2n) is 7.04. The normalized spacial score (nSPS) is 33.8. The largest absolute Gasteiger partial charge is 0.380 e. The quantitative estimate of drug-likeness (QED) is 0.814. The smallest absolute Gasteiger partial charge is 0.218 e. The van der Waals surface area contributed by atoms with Gasteiger partial charge in [-0.2, -0.15) is 0 Å². The van der Waals surface area contributed by atoms with E-state index in [1.165, 1.54) is 0 Å². The van der Waals surface area contributed by atoms with Crippen molar-refractivity contribution in [1.29, 1.82) is 0 Å². The van der Waals surface area contributed by atoms with E-state index in [1.807, 2.05) is 30.3 Å². The Bertz CT molecular complexity index is 791. The van der Waals surface area contributed by atoms with Crippen molar-refractivity contribution in [1.82, 2.24) is 14.8 Å². The van der Waals surface area contributed by atoms with Crippen molar-refractivity contribution in [2.24, 2.45) is 17.8 Å². The molecule has 3 heterocycles. The van der Waals surface area contributed by atoms with Crippen LogP contribution < -0.4 is 0 Å². The number of Topliss-reactive ketones (excluding diaryl/α,β-unsaturated/α-hetero) is 1. The van der Waals surface area contributed by atoms with Gasteiger partial charge < -0.3 is 4.74 Å². The Labute approximate surface area is 138 Å². The van der Waals surface area contributed by atoms with Crippen LogP contribution in [-0.4, -0.2) is 33.8 Å². The van der Waals surface area contributed by atoms with E-state index in [-0.39, 0.29) is 29.4 Å². The van der Waals surface area contributed by atoms with Crippen molar-refractivity contribution in [3.05, 3.63) is 47.5 Å². The molecule has 0 bridgehead atoms. The highest BCUT2D eigenvalue weighted by molar-refractivity contribution is 5.95. The molecular formula is C18H18FN3O2. The first-order valence-corrected chi connectivity index (χ1v) is 8.50. The summed E-state index contributed by atoms with van der Waals surface area (Å²) < 4.78 is 21.5. The van der Waals surface area contributed by atoms with Gasteiger partial charge in [-0.3, -0.25) is 4.79 Å². The molecule has 5 rings (SSSR count). The molecule has 0 radical (unpaired) electrons. The predicted molar refractivity (Wildman–Crippen MR) is 83.3 cm³/mol. The number of halogens is 1. The fourth-order valence-electron chi connectivity index (χ4n) is 4.10. The van der Waals surface area contributed by atoms with Crippen molar-refractivity contribution < 1.29 is 13.9 Å². The standard InChI is InChI=1S/C18H18FN3O2/c19-14-7-15(10-4-2-1-3-5-10)22-18(14)20-17(21-22)16(23)13-9-24-8-11-6-12(11)13/h1-5,11-15H,6-9H2/t11-,12-,13-,14-,15-/m0/s1. The number of carbonyl (C=O) groups is 1. The number of aromatic nitrogens is 3. The molecule has 1 aromatic carbocycles. The van der Waals surface area contributed by atoms with Crippen LogP contribution in [0.3, 0.4) is 0 Å². The Morgan fingerprint density at radius 2 is 2.04 bits per heavy atom. The molecule has 1 saturated heterocycles. The molecule has 124 valence electrons. The van der Waals surface area contributed by atoms with E-state index in [4.69, 9.17) is 4.74 Å². The lowest BCUT2D eigenvalue weighted by molar-refractivity contribution is 0.0402. The number of alkyl halides is 1. The van der Waals surface area contributed by atoms with E-state index < -0.39 is 6.17 Å². The fraction of sp³-hybridized carbons (Fsp3) is 0.500. The Morgan fingerprint density at radius 3 is 2.88 bits per heavy atom. The van der Waals surface area contributed by atoms with E-state index in [2.05, 4.69) is 10.1 Å². The van der Waals surface area contributed by atoms with Gasteiger partial charge in [0.05, 0.1) is 18.6 Å². The Morgan fingerprint density at radius 1 is 1.21 bits per heavy atom. The maximum Gasteiger partial charge on any atom is 0.218 e. The minimum absolute atomic E-state index is 0.0943. The Balaban J connectivity index is 1.46. The van der Waals surface area contributed by atoms with Gasteiger partial charge in [-0.25, -0.2) is 14.1 Å². The van der Waals surface area contributed by atoms with Gasteiger partial charge in [-0.1, -0.05) is 30.3 Å². The number of benzene rings is 1. The highest BCUT2D eigenvalue weighted by Gasteiger charge is 2.50. The summed E-state index contributed by atoms with van der Waals surface area (Å²) in [6.07, 6.45) is 0.188. The van der Waals surface area contributed by atoms with Crippen molar-refractivity contribution in [2.75, 3.05) is 13.2 Å². The summed E-state index contributed by atoms with van der Waals surface area (Å²) in [6.45, 7) is 1.19. The molecule has 3 aliphatic rings. The van der Waals surface area contributed by atoms with Crippen molar-refractivity contribution in [2.45, 2.75) is 25.1 Å². The number of rotatable bonds is 3. The predicted octanol–water partition coefficient (Wildman–Crippen LogP) is 2.75. The lowest BCUT2D eigenvalue weighted by Gasteiger charge is -2.19. The van der Waals surface area contributed by atoms with Crippen molar-refractivity contribution >= 4 is 5.78 Å². The number of hydrogen-bond acceptors (Lipinski definition) is 4. The van der Waals surface area contributed by atoms with Gasteiger partial charge in [0.1, 0.15) is 0 Å². The zero-order chi connectivity index (χ0) is 16.3. The summed E-state index contributed by atoms with van der Waals surface area (Å²) in [6, 6.07) is 9.50. The van der Waals surface area contributed by atoms with Gasteiger partial charge in [0, 0.05) is 13.0 Å². The Kier molecular flexibility index (Phi) is 3.10.